The number of rotatable bonds is 5. The second kappa shape index (κ2) is 11.7. The van der Waals surface area contributed by atoms with Crippen LogP contribution >= 0.6 is 11.3 Å². The third kappa shape index (κ3) is 4.67. The lowest BCUT2D eigenvalue weighted by molar-refractivity contribution is 1.18. The van der Waals surface area contributed by atoms with E-state index < -0.39 is 0 Å². The topological polar surface area (TPSA) is 17.8 Å². The Morgan fingerprint density at radius 2 is 0.960 bits per heavy atom. The number of hydrogen-bond acceptors (Lipinski definition) is 2. The fraction of sp³-hybridized carbons (Fsp3) is 0. The molecule has 0 unspecified atom stereocenters. The van der Waals surface area contributed by atoms with E-state index in [4.69, 9.17) is 4.98 Å². The second-order valence-electron chi connectivity index (χ2n) is 12.7. The molecule has 0 aliphatic rings. The molecule has 0 saturated carbocycles. The average Bonchev–Trinajstić information content (AvgIpc) is 3.75. The van der Waals surface area contributed by atoms with Crippen molar-refractivity contribution in [3.63, 3.8) is 0 Å². The van der Waals surface area contributed by atoms with E-state index >= 15 is 0 Å². The van der Waals surface area contributed by atoms with Gasteiger partial charge in [0.1, 0.15) is 0 Å². The Labute approximate surface area is 294 Å². The highest BCUT2D eigenvalue weighted by Gasteiger charge is 2.19. The molecule has 50 heavy (non-hydrogen) atoms. The van der Waals surface area contributed by atoms with Gasteiger partial charge in [-0.1, -0.05) is 146 Å². The number of pyridine rings is 1. The van der Waals surface area contributed by atoms with Gasteiger partial charge < -0.3 is 4.57 Å². The second-order valence-corrected chi connectivity index (χ2v) is 13.8. The molecule has 7 aromatic carbocycles. The summed E-state index contributed by atoms with van der Waals surface area (Å²) in [5.41, 5.74) is 12.6. The molecule has 0 aliphatic carbocycles. The first kappa shape index (κ1) is 28.7. The molecule has 234 valence electrons. The molecule has 0 N–H and O–H groups in total. The van der Waals surface area contributed by atoms with Gasteiger partial charge in [-0.15, -0.1) is 11.3 Å². The molecule has 0 aliphatic heterocycles. The fourth-order valence-corrected chi connectivity index (χ4v) is 8.84. The zero-order valence-corrected chi connectivity index (χ0v) is 27.9. The van der Waals surface area contributed by atoms with Crippen molar-refractivity contribution in [2.45, 2.75) is 0 Å². The predicted molar refractivity (Wildman–Crippen MR) is 213 cm³/mol. The molecule has 3 heteroatoms. The first-order chi connectivity index (χ1) is 24.8. The van der Waals surface area contributed by atoms with Crippen LogP contribution in [-0.4, -0.2) is 9.55 Å². The summed E-state index contributed by atoms with van der Waals surface area (Å²) < 4.78 is 5.06. The number of hydrogen-bond donors (Lipinski definition) is 0. The number of benzene rings is 7. The summed E-state index contributed by atoms with van der Waals surface area (Å²) in [7, 11) is 0. The zero-order chi connectivity index (χ0) is 33.0. The summed E-state index contributed by atoms with van der Waals surface area (Å²) in [5, 5.41) is 5.23. The van der Waals surface area contributed by atoms with Gasteiger partial charge in [0.2, 0.25) is 0 Å². The number of fused-ring (bicyclic) bond motifs is 7. The fourth-order valence-electron chi connectivity index (χ4n) is 7.44. The molecule has 3 heterocycles. The van der Waals surface area contributed by atoms with Gasteiger partial charge in [-0.2, -0.15) is 0 Å². The van der Waals surface area contributed by atoms with Gasteiger partial charge >= 0.3 is 0 Å². The molecule has 0 fully saturated rings. The van der Waals surface area contributed by atoms with Crippen LogP contribution in [0.15, 0.2) is 182 Å². The van der Waals surface area contributed by atoms with Crippen molar-refractivity contribution in [3.05, 3.63) is 182 Å². The first-order valence-corrected chi connectivity index (χ1v) is 17.8. The molecule has 0 spiro atoms. The molecular weight excluding hydrogens is 625 g/mol. The Morgan fingerprint density at radius 3 is 1.66 bits per heavy atom. The van der Waals surface area contributed by atoms with E-state index in [1.807, 2.05) is 23.5 Å². The van der Waals surface area contributed by atoms with Crippen molar-refractivity contribution in [1.82, 2.24) is 9.55 Å². The minimum atomic E-state index is 0.973. The van der Waals surface area contributed by atoms with Gasteiger partial charge in [-0.3, -0.25) is 0 Å². The van der Waals surface area contributed by atoms with Crippen molar-refractivity contribution in [2.24, 2.45) is 0 Å². The summed E-state index contributed by atoms with van der Waals surface area (Å²) >= 11 is 1.91. The maximum atomic E-state index is 5.08. The van der Waals surface area contributed by atoms with Gasteiger partial charge in [0.15, 0.2) is 0 Å². The van der Waals surface area contributed by atoms with Crippen LogP contribution in [0.5, 0.6) is 0 Å². The van der Waals surface area contributed by atoms with Crippen molar-refractivity contribution in [3.8, 4) is 50.5 Å². The highest BCUT2D eigenvalue weighted by atomic mass is 32.1. The average molecular weight is 655 g/mol. The lowest BCUT2D eigenvalue weighted by atomic mass is 9.97. The van der Waals surface area contributed by atoms with Gasteiger partial charge in [-0.05, 0) is 58.7 Å². The molecular formula is C47H30N2S. The number of thiophene rings is 1. The van der Waals surface area contributed by atoms with Gasteiger partial charge in [0.05, 0.1) is 22.4 Å². The monoisotopic (exact) mass is 654 g/mol. The number of para-hydroxylation sites is 2. The summed E-state index contributed by atoms with van der Waals surface area (Å²) in [6.07, 6.45) is 0. The molecule has 0 atom stereocenters. The standard InChI is InChI=1S/C47H30N2S/c1-4-13-33(14-5-1)41-29-35(30-42(48-41)34-15-6-2-7-16-34)31-23-25-32(26-24-31)37-20-12-21-38-39-27-28-44-45(47(39)50-46(37)38)40-19-10-11-22-43(40)49(44)36-17-8-3-9-18-36/h1-30H. The Bertz CT molecular complexity index is 2770. The quantitative estimate of drug-likeness (QED) is 0.181. The normalized spacial score (nSPS) is 11.6. The highest BCUT2D eigenvalue weighted by Crippen LogP contribution is 2.46. The maximum Gasteiger partial charge on any atom is 0.0715 e. The Balaban J connectivity index is 1.11. The smallest absolute Gasteiger partial charge is 0.0715 e. The minimum Gasteiger partial charge on any atom is -0.309 e. The van der Waals surface area contributed by atoms with Crippen LogP contribution in [0.3, 0.4) is 0 Å². The third-order valence-corrected chi connectivity index (χ3v) is 11.1. The van der Waals surface area contributed by atoms with E-state index in [1.54, 1.807) is 0 Å². The van der Waals surface area contributed by atoms with E-state index in [0.717, 1.165) is 28.1 Å². The van der Waals surface area contributed by atoms with E-state index in [0.29, 0.717) is 0 Å². The molecule has 10 rings (SSSR count). The maximum absolute atomic E-state index is 5.08. The van der Waals surface area contributed by atoms with Crippen LogP contribution in [0.25, 0.3) is 92.4 Å². The van der Waals surface area contributed by atoms with Gasteiger partial charge in [-0.25, -0.2) is 4.98 Å². The van der Waals surface area contributed by atoms with Crippen LogP contribution in [0.4, 0.5) is 0 Å². The van der Waals surface area contributed by atoms with Gasteiger partial charge in [0.25, 0.3) is 0 Å². The van der Waals surface area contributed by atoms with Crippen LogP contribution < -0.4 is 0 Å². The lowest BCUT2D eigenvalue weighted by Gasteiger charge is -2.11. The molecule has 3 aromatic heterocycles. The van der Waals surface area contributed by atoms with Crippen LogP contribution in [0.1, 0.15) is 0 Å². The SMILES string of the molecule is c1ccc(-c2cc(-c3ccc(-c4cccc5c4sc4c5ccc5c4c4ccccc4n5-c4ccccc4)cc3)cc(-c3ccccc3)n2)cc1. The first-order valence-electron chi connectivity index (χ1n) is 17.0. The van der Waals surface area contributed by atoms with Crippen LogP contribution in [0.2, 0.25) is 0 Å². The number of nitrogens with zero attached hydrogens (tertiary/aromatic N) is 2. The summed E-state index contributed by atoms with van der Waals surface area (Å²) in [5.74, 6) is 0. The van der Waals surface area contributed by atoms with Crippen molar-refractivity contribution >= 4 is 53.3 Å². The van der Waals surface area contributed by atoms with Crippen molar-refractivity contribution in [2.75, 3.05) is 0 Å². The molecule has 0 bridgehead atoms. The summed E-state index contributed by atoms with van der Waals surface area (Å²) in [6.45, 7) is 0. The largest absolute Gasteiger partial charge is 0.309 e. The van der Waals surface area contributed by atoms with Crippen LogP contribution in [0, 0.1) is 0 Å². The lowest BCUT2D eigenvalue weighted by Crippen LogP contribution is -1.92. The summed E-state index contributed by atoms with van der Waals surface area (Å²) in [4.78, 5) is 5.08. The minimum absolute atomic E-state index is 0.973. The Hall–Kier alpha value is -6.29. The highest BCUT2D eigenvalue weighted by molar-refractivity contribution is 7.27. The van der Waals surface area contributed by atoms with E-state index in [2.05, 4.69) is 174 Å². The third-order valence-electron chi connectivity index (χ3n) is 9.81. The molecule has 2 nitrogen and oxygen atoms in total. The van der Waals surface area contributed by atoms with Crippen LogP contribution in [-0.2, 0) is 0 Å². The van der Waals surface area contributed by atoms with E-state index in [9.17, 15) is 0 Å². The molecule has 0 radical (unpaired) electrons. The summed E-state index contributed by atoms with van der Waals surface area (Å²) in [6, 6.07) is 65.3. The predicted octanol–water partition coefficient (Wildman–Crippen LogP) is 13.2. The van der Waals surface area contributed by atoms with Crippen molar-refractivity contribution < 1.29 is 0 Å². The van der Waals surface area contributed by atoms with Crippen molar-refractivity contribution in [1.29, 1.82) is 0 Å². The van der Waals surface area contributed by atoms with E-state index in [-0.39, 0.29) is 0 Å². The molecule has 10 aromatic rings. The molecule has 0 amide bonds. The number of aromatic nitrogens is 2. The zero-order valence-electron chi connectivity index (χ0n) is 27.1. The van der Waals surface area contributed by atoms with E-state index in [1.165, 1.54) is 64.4 Å². The Morgan fingerprint density at radius 1 is 0.380 bits per heavy atom. The Kier molecular flexibility index (Phi) is 6.71. The molecule has 0 saturated heterocycles. The van der Waals surface area contributed by atoms with Gasteiger partial charge in [0, 0.05) is 47.8 Å².